The predicted octanol–water partition coefficient (Wildman–Crippen LogP) is -0.142. The van der Waals surface area contributed by atoms with Gasteiger partial charge in [-0.1, -0.05) is 0 Å². The van der Waals surface area contributed by atoms with E-state index in [1.807, 2.05) is 0 Å². The number of nitrogen functional groups attached to an aromatic ring is 1. The van der Waals surface area contributed by atoms with Gasteiger partial charge in [-0.3, -0.25) is 0 Å². The van der Waals surface area contributed by atoms with Crippen molar-refractivity contribution in [3.8, 4) is 0 Å². The molecule has 2 aromatic heterocycles. The number of H-pyrrole nitrogens is 1. The number of nitrogens with one attached hydrogen (secondary N) is 1. The number of rotatable bonds is 2. The maximum atomic E-state index is 9.17. The molecule has 6 heteroatoms. The standard InChI is InChI=1S/C8H11N5O/c1-4(14)2-5-12-6-7(9)10-3-11-8(6)13-5/h3-4,14H,2H2,1H3,(H3,9,10,11,12,13). The van der Waals surface area contributed by atoms with Gasteiger partial charge in [-0.25, -0.2) is 15.0 Å². The number of hydrogen-bond donors (Lipinski definition) is 3. The van der Waals surface area contributed by atoms with E-state index >= 15 is 0 Å². The Kier molecular flexibility index (Phi) is 2.05. The van der Waals surface area contributed by atoms with Gasteiger partial charge in [-0.15, -0.1) is 0 Å². The van der Waals surface area contributed by atoms with Crippen molar-refractivity contribution in [2.24, 2.45) is 0 Å². The second-order valence-corrected chi connectivity index (χ2v) is 3.19. The summed E-state index contributed by atoms with van der Waals surface area (Å²) in [6, 6.07) is 0. The number of aromatic amines is 1. The highest BCUT2D eigenvalue weighted by molar-refractivity contribution is 5.80. The van der Waals surface area contributed by atoms with Gasteiger partial charge in [0.2, 0.25) is 0 Å². The fourth-order valence-electron chi connectivity index (χ4n) is 1.27. The van der Waals surface area contributed by atoms with Crippen LogP contribution < -0.4 is 5.73 Å². The van der Waals surface area contributed by atoms with Gasteiger partial charge in [0.1, 0.15) is 17.7 Å². The Bertz CT molecular complexity index is 450. The van der Waals surface area contributed by atoms with Crippen LogP contribution in [0.3, 0.4) is 0 Å². The fraction of sp³-hybridized carbons (Fsp3) is 0.375. The Labute approximate surface area is 80.2 Å². The number of fused-ring (bicyclic) bond motifs is 1. The summed E-state index contributed by atoms with van der Waals surface area (Å²) in [6.45, 7) is 1.70. The van der Waals surface area contributed by atoms with Crippen molar-refractivity contribution in [2.75, 3.05) is 5.73 Å². The average molecular weight is 193 g/mol. The highest BCUT2D eigenvalue weighted by Gasteiger charge is 2.08. The molecule has 1 unspecified atom stereocenters. The number of aliphatic hydroxyl groups excluding tert-OH is 1. The molecule has 0 aromatic carbocycles. The quantitative estimate of drug-likeness (QED) is 0.616. The van der Waals surface area contributed by atoms with Crippen LogP contribution in [-0.4, -0.2) is 31.1 Å². The molecule has 0 aliphatic rings. The van der Waals surface area contributed by atoms with E-state index in [1.54, 1.807) is 6.92 Å². The molecule has 2 rings (SSSR count). The normalized spacial score (nSPS) is 13.3. The second kappa shape index (κ2) is 3.22. The van der Waals surface area contributed by atoms with E-state index in [1.165, 1.54) is 6.33 Å². The first-order valence-corrected chi connectivity index (χ1v) is 4.30. The van der Waals surface area contributed by atoms with Crippen molar-refractivity contribution in [2.45, 2.75) is 19.4 Å². The SMILES string of the molecule is CC(O)Cc1nc2ncnc(N)c2[nH]1. The molecule has 1 atom stereocenters. The van der Waals surface area contributed by atoms with Gasteiger partial charge in [-0.2, -0.15) is 0 Å². The topological polar surface area (TPSA) is 101 Å². The smallest absolute Gasteiger partial charge is 0.183 e. The Hall–Kier alpha value is -1.69. The van der Waals surface area contributed by atoms with Crippen molar-refractivity contribution in [1.29, 1.82) is 0 Å². The minimum absolute atomic E-state index is 0.374. The van der Waals surface area contributed by atoms with Gasteiger partial charge in [0.05, 0.1) is 6.10 Å². The van der Waals surface area contributed by atoms with E-state index in [9.17, 15) is 5.11 Å². The lowest BCUT2D eigenvalue weighted by molar-refractivity contribution is 0.193. The maximum absolute atomic E-state index is 9.17. The summed E-state index contributed by atoms with van der Waals surface area (Å²) in [5.74, 6) is 1.04. The number of nitrogens with zero attached hydrogens (tertiary/aromatic N) is 3. The molecule has 14 heavy (non-hydrogen) atoms. The first-order valence-electron chi connectivity index (χ1n) is 4.30. The molecule has 2 aromatic rings. The van der Waals surface area contributed by atoms with Gasteiger partial charge >= 0.3 is 0 Å². The minimum Gasteiger partial charge on any atom is -0.393 e. The highest BCUT2D eigenvalue weighted by atomic mass is 16.3. The molecule has 0 saturated carbocycles. The van der Waals surface area contributed by atoms with Gasteiger partial charge in [0.25, 0.3) is 0 Å². The molecule has 2 heterocycles. The van der Waals surface area contributed by atoms with Gasteiger partial charge in [-0.05, 0) is 6.92 Å². The van der Waals surface area contributed by atoms with Crippen LogP contribution in [0.25, 0.3) is 11.2 Å². The summed E-state index contributed by atoms with van der Waals surface area (Å²) < 4.78 is 0. The average Bonchev–Trinajstić information content (AvgIpc) is 2.47. The first-order chi connectivity index (χ1) is 6.66. The lowest BCUT2D eigenvalue weighted by Gasteiger charge is -1.97. The van der Waals surface area contributed by atoms with Crippen molar-refractivity contribution < 1.29 is 5.11 Å². The lowest BCUT2D eigenvalue weighted by Crippen LogP contribution is -2.05. The number of anilines is 1. The maximum Gasteiger partial charge on any atom is 0.183 e. The summed E-state index contributed by atoms with van der Waals surface area (Å²) in [5.41, 5.74) is 6.78. The van der Waals surface area contributed by atoms with Crippen LogP contribution in [0.1, 0.15) is 12.7 Å². The monoisotopic (exact) mass is 193 g/mol. The summed E-state index contributed by atoms with van der Waals surface area (Å²) >= 11 is 0. The highest BCUT2D eigenvalue weighted by Crippen LogP contribution is 2.13. The fourth-order valence-corrected chi connectivity index (χ4v) is 1.27. The number of aliphatic hydroxyl groups is 1. The third-order valence-corrected chi connectivity index (χ3v) is 1.86. The molecule has 0 bridgehead atoms. The van der Waals surface area contributed by atoms with Crippen molar-refractivity contribution in [1.82, 2.24) is 19.9 Å². The van der Waals surface area contributed by atoms with E-state index in [-0.39, 0.29) is 0 Å². The zero-order valence-electron chi connectivity index (χ0n) is 7.73. The largest absolute Gasteiger partial charge is 0.393 e. The molecule has 0 spiro atoms. The number of aromatic nitrogens is 4. The molecule has 6 nitrogen and oxygen atoms in total. The summed E-state index contributed by atoms with van der Waals surface area (Å²) in [6.07, 6.45) is 1.38. The first kappa shape index (κ1) is 8.89. The molecule has 0 fully saturated rings. The summed E-state index contributed by atoms with van der Waals surface area (Å²) in [4.78, 5) is 14.9. The number of hydrogen-bond acceptors (Lipinski definition) is 5. The third kappa shape index (κ3) is 1.51. The van der Waals surface area contributed by atoms with E-state index in [4.69, 9.17) is 5.73 Å². The molecule has 0 aliphatic heterocycles. The van der Waals surface area contributed by atoms with Crippen LogP contribution in [0.5, 0.6) is 0 Å². The zero-order valence-corrected chi connectivity index (χ0v) is 7.73. The molecule has 0 saturated heterocycles. The zero-order chi connectivity index (χ0) is 10.1. The Morgan fingerprint density at radius 2 is 2.36 bits per heavy atom. The molecule has 74 valence electrons. The third-order valence-electron chi connectivity index (χ3n) is 1.86. The van der Waals surface area contributed by atoms with Crippen LogP contribution in [0.15, 0.2) is 6.33 Å². The Morgan fingerprint density at radius 3 is 3.00 bits per heavy atom. The Morgan fingerprint density at radius 1 is 1.57 bits per heavy atom. The van der Waals surface area contributed by atoms with Gasteiger partial charge < -0.3 is 15.8 Å². The second-order valence-electron chi connectivity index (χ2n) is 3.19. The minimum atomic E-state index is -0.440. The van der Waals surface area contributed by atoms with Crippen LogP contribution >= 0.6 is 0 Å². The van der Waals surface area contributed by atoms with Crippen LogP contribution in [-0.2, 0) is 6.42 Å². The van der Waals surface area contributed by atoms with Crippen LogP contribution in [0.4, 0.5) is 5.82 Å². The molecule has 0 amide bonds. The molecule has 0 radical (unpaired) electrons. The van der Waals surface area contributed by atoms with Crippen LogP contribution in [0.2, 0.25) is 0 Å². The van der Waals surface area contributed by atoms with E-state index < -0.39 is 6.10 Å². The van der Waals surface area contributed by atoms with Gasteiger partial charge in [0.15, 0.2) is 11.5 Å². The van der Waals surface area contributed by atoms with Crippen molar-refractivity contribution >= 4 is 17.0 Å². The van der Waals surface area contributed by atoms with Crippen molar-refractivity contribution in [3.05, 3.63) is 12.2 Å². The number of nitrogens with two attached hydrogens (primary N) is 1. The molecular weight excluding hydrogens is 182 g/mol. The molecule has 0 aliphatic carbocycles. The predicted molar refractivity (Wildman–Crippen MR) is 51.5 cm³/mol. The summed E-state index contributed by atoms with van der Waals surface area (Å²) in [7, 11) is 0. The van der Waals surface area contributed by atoms with Crippen molar-refractivity contribution in [3.63, 3.8) is 0 Å². The lowest BCUT2D eigenvalue weighted by atomic mass is 10.3. The van der Waals surface area contributed by atoms with E-state index in [0.717, 1.165) is 0 Å². The van der Waals surface area contributed by atoms with Crippen LogP contribution in [0, 0.1) is 0 Å². The van der Waals surface area contributed by atoms with E-state index in [2.05, 4.69) is 19.9 Å². The Balaban J connectivity index is 2.46. The summed E-state index contributed by atoms with van der Waals surface area (Å²) in [5, 5.41) is 9.17. The molecule has 4 N–H and O–H groups in total. The number of imidazole rings is 1. The van der Waals surface area contributed by atoms with Gasteiger partial charge in [0, 0.05) is 6.42 Å². The molecular formula is C8H11N5O. The van der Waals surface area contributed by atoms with E-state index in [0.29, 0.717) is 29.2 Å².